The highest BCUT2D eigenvalue weighted by Gasteiger charge is 2.18. The monoisotopic (exact) mass is 196 g/mol. The van der Waals surface area contributed by atoms with Gasteiger partial charge in [-0.15, -0.1) is 0 Å². The van der Waals surface area contributed by atoms with Crippen molar-refractivity contribution in [2.75, 3.05) is 19.6 Å². The molecule has 6 heteroatoms. The second-order valence-electron chi connectivity index (χ2n) is 3.30. The first-order chi connectivity index (χ1) is 6.74. The average molecular weight is 196 g/mol. The van der Waals surface area contributed by atoms with Crippen LogP contribution in [0.1, 0.15) is 11.7 Å². The number of hydrogen-bond acceptors (Lipinski definition) is 5. The van der Waals surface area contributed by atoms with E-state index in [2.05, 4.69) is 15.5 Å². The third-order valence-corrected chi connectivity index (χ3v) is 2.05. The highest BCUT2D eigenvalue weighted by atomic mass is 16.5. The van der Waals surface area contributed by atoms with E-state index in [1.165, 1.54) is 0 Å². The molecular formula is C8H12N4O2. The van der Waals surface area contributed by atoms with E-state index in [0.717, 1.165) is 6.54 Å². The van der Waals surface area contributed by atoms with Crippen molar-refractivity contribution < 1.29 is 9.32 Å². The Labute approximate surface area is 81.3 Å². The Morgan fingerprint density at radius 1 is 1.64 bits per heavy atom. The van der Waals surface area contributed by atoms with Gasteiger partial charge in [0.25, 0.3) is 0 Å². The second kappa shape index (κ2) is 3.75. The van der Waals surface area contributed by atoms with Crippen LogP contribution in [-0.2, 0) is 11.3 Å². The number of carbonyl (C=O) groups is 1. The van der Waals surface area contributed by atoms with Gasteiger partial charge in [0.05, 0.1) is 13.1 Å². The van der Waals surface area contributed by atoms with Crippen LogP contribution in [0.25, 0.3) is 0 Å². The molecule has 0 spiro atoms. The molecule has 1 amide bonds. The number of hydrogen-bond donors (Lipinski definition) is 1. The van der Waals surface area contributed by atoms with Crippen LogP contribution in [0.3, 0.4) is 0 Å². The molecule has 1 N–H and O–H groups in total. The van der Waals surface area contributed by atoms with Crippen LogP contribution < -0.4 is 5.32 Å². The van der Waals surface area contributed by atoms with E-state index in [1.807, 2.05) is 4.90 Å². The van der Waals surface area contributed by atoms with E-state index in [0.29, 0.717) is 31.3 Å². The van der Waals surface area contributed by atoms with Crippen molar-refractivity contribution in [1.29, 1.82) is 0 Å². The van der Waals surface area contributed by atoms with Gasteiger partial charge in [0.15, 0.2) is 5.82 Å². The Balaban J connectivity index is 1.93. The molecule has 2 heterocycles. The van der Waals surface area contributed by atoms with Crippen molar-refractivity contribution in [2.24, 2.45) is 0 Å². The minimum Gasteiger partial charge on any atom is -0.354 e. The maximum Gasteiger partial charge on any atom is 0.240 e. The number of aryl methyl sites for hydroxylation is 1. The predicted molar refractivity (Wildman–Crippen MR) is 47.3 cm³/mol. The molecule has 0 aromatic carbocycles. The largest absolute Gasteiger partial charge is 0.354 e. The fourth-order valence-electron chi connectivity index (χ4n) is 1.42. The van der Waals surface area contributed by atoms with Gasteiger partial charge in [0.1, 0.15) is 0 Å². The molecule has 2 rings (SSSR count). The van der Waals surface area contributed by atoms with Crippen molar-refractivity contribution in [3.63, 3.8) is 0 Å². The second-order valence-corrected chi connectivity index (χ2v) is 3.30. The summed E-state index contributed by atoms with van der Waals surface area (Å²) in [5.74, 6) is 1.24. The minimum atomic E-state index is 0.0486. The first-order valence-corrected chi connectivity index (χ1v) is 4.52. The van der Waals surface area contributed by atoms with Gasteiger partial charge in [-0.3, -0.25) is 9.69 Å². The molecule has 1 aromatic heterocycles. The zero-order chi connectivity index (χ0) is 9.97. The zero-order valence-corrected chi connectivity index (χ0v) is 7.99. The summed E-state index contributed by atoms with van der Waals surface area (Å²) in [6.45, 7) is 4.24. The SMILES string of the molecule is Cc1noc(CN2CCNC(=O)C2)n1. The van der Waals surface area contributed by atoms with Crippen molar-refractivity contribution >= 4 is 5.91 Å². The number of amides is 1. The smallest absolute Gasteiger partial charge is 0.240 e. The lowest BCUT2D eigenvalue weighted by Crippen LogP contribution is -2.47. The van der Waals surface area contributed by atoms with Crippen LogP contribution in [0.4, 0.5) is 0 Å². The normalized spacial score (nSPS) is 18.2. The highest BCUT2D eigenvalue weighted by Crippen LogP contribution is 2.03. The van der Waals surface area contributed by atoms with Gasteiger partial charge in [-0.05, 0) is 6.92 Å². The highest BCUT2D eigenvalue weighted by molar-refractivity contribution is 5.78. The number of aromatic nitrogens is 2. The third kappa shape index (κ3) is 2.08. The average Bonchev–Trinajstić information content (AvgIpc) is 2.51. The Hall–Kier alpha value is -1.43. The van der Waals surface area contributed by atoms with Gasteiger partial charge >= 0.3 is 0 Å². The molecule has 0 saturated carbocycles. The fraction of sp³-hybridized carbons (Fsp3) is 0.625. The molecule has 14 heavy (non-hydrogen) atoms. The molecule has 1 aliphatic rings. The summed E-state index contributed by atoms with van der Waals surface area (Å²) in [4.78, 5) is 17.1. The van der Waals surface area contributed by atoms with Gasteiger partial charge in [0, 0.05) is 13.1 Å². The topological polar surface area (TPSA) is 71.3 Å². The molecule has 1 fully saturated rings. The van der Waals surface area contributed by atoms with Crippen LogP contribution in [0.2, 0.25) is 0 Å². The number of piperazine rings is 1. The number of nitrogens with zero attached hydrogens (tertiary/aromatic N) is 3. The summed E-state index contributed by atoms with van der Waals surface area (Å²) in [6.07, 6.45) is 0. The summed E-state index contributed by atoms with van der Waals surface area (Å²) >= 11 is 0. The Kier molecular flexibility index (Phi) is 2.45. The summed E-state index contributed by atoms with van der Waals surface area (Å²) in [5, 5.41) is 6.44. The van der Waals surface area contributed by atoms with Crippen molar-refractivity contribution in [1.82, 2.24) is 20.4 Å². The van der Waals surface area contributed by atoms with Crippen LogP contribution in [0.5, 0.6) is 0 Å². The van der Waals surface area contributed by atoms with E-state index >= 15 is 0 Å². The molecule has 76 valence electrons. The first kappa shape index (κ1) is 9.14. The maximum atomic E-state index is 11.0. The molecule has 0 atom stereocenters. The van der Waals surface area contributed by atoms with Gasteiger partial charge in [-0.25, -0.2) is 0 Å². The standard InChI is InChI=1S/C8H12N4O2/c1-6-10-8(14-11-6)5-12-3-2-9-7(13)4-12/h2-5H2,1H3,(H,9,13). The lowest BCUT2D eigenvalue weighted by atomic mass is 10.3. The van der Waals surface area contributed by atoms with Gasteiger partial charge in [-0.1, -0.05) is 5.16 Å². The molecule has 0 aliphatic carbocycles. The van der Waals surface area contributed by atoms with Gasteiger partial charge < -0.3 is 9.84 Å². The van der Waals surface area contributed by atoms with E-state index in [9.17, 15) is 4.79 Å². The Morgan fingerprint density at radius 2 is 2.50 bits per heavy atom. The molecule has 0 unspecified atom stereocenters. The van der Waals surface area contributed by atoms with Gasteiger partial charge in [-0.2, -0.15) is 4.98 Å². The van der Waals surface area contributed by atoms with Crippen LogP contribution in [0.15, 0.2) is 4.52 Å². The number of rotatable bonds is 2. The molecule has 1 aliphatic heterocycles. The van der Waals surface area contributed by atoms with Crippen molar-refractivity contribution in [2.45, 2.75) is 13.5 Å². The van der Waals surface area contributed by atoms with Crippen LogP contribution >= 0.6 is 0 Å². The summed E-state index contributed by atoms with van der Waals surface area (Å²) in [7, 11) is 0. The first-order valence-electron chi connectivity index (χ1n) is 4.52. The molecule has 1 aromatic rings. The van der Waals surface area contributed by atoms with E-state index in [4.69, 9.17) is 4.52 Å². The molecule has 0 radical (unpaired) electrons. The lowest BCUT2D eigenvalue weighted by Gasteiger charge is -2.24. The fourth-order valence-corrected chi connectivity index (χ4v) is 1.42. The van der Waals surface area contributed by atoms with E-state index in [1.54, 1.807) is 6.92 Å². The summed E-state index contributed by atoms with van der Waals surface area (Å²) in [5.41, 5.74) is 0. The Morgan fingerprint density at radius 3 is 3.14 bits per heavy atom. The predicted octanol–water partition coefficient (Wildman–Crippen LogP) is -0.690. The van der Waals surface area contributed by atoms with Crippen molar-refractivity contribution in [3.05, 3.63) is 11.7 Å². The van der Waals surface area contributed by atoms with E-state index < -0.39 is 0 Å². The van der Waals surface area contributed by atoms with Crippen LogP contribution in [0, 0.1) is 6.92 Å². The molecular weight excluding hydrogens is 184 g/mol. The van der Waals surface area contributed by atoms with Crippen LogP contribution in [-0.4, -0.2) is 40.6 Å². The Bertz CT molecular complexity index is 336. The van der Waals surface area contributed by atoms with Gasteiger partial charge in [0.2, 0.25) is 11.8 Å². The third-order valence-electron chi connectivity index (χ3n) is 2.05. The van der Waals surface area contributed by atoms with E-state index in [-0.39, 0.29) is 5.91 Å². The number of carbonyl (C=O) groups excluding carboxylic acids is 1. The zero-order valence-electron chi connectivity index (χ0n) is 7.99. The molecule has 6 nitrogen and oxygen atoms in total. The summed E-state index contributed by atoms with van der Waals surface area (Å²) in [6, 6.07) is 0. The quantitative estimate of drug-likeness (QED) is 0.678. The maximum absolute atomic E-state index is 11.0. The lowest BCUT2D eigenvalue weighted by molar-refractivity contribution is -0.124. The minimum absolute atomic E-state index is 0.0486. The number of nitrogens with one attached hydrogen (secondary N) is 1. The summed E-state index contributed by atoms with van der Waals surface area (Å²) < 4.78 is 4.97. The van der Waals surface area contributed by atoms with Crippen molar-refractivity contribution in [3.8, 4) is 0 Å². The molecule has 1 saturated heterocycles. The molecule has 0 bridgehead atoms.